The predicted molar refractivity (Wildman–Crippen MR) is 67.7 cm³/mol. The first-order chi connectivity index (χ1) is 7.06. The summed E-state index contributed by atoms with van der Waals surface area (Å²) in [7, 11) is 0. The van der Waals surface area contributed by atoms with Crippen LogP contribution in [0.3, 0.4) is 0 Å². The van der Waals surface area contributed by atoms with Crippen molar-refractivity contribution in [3.8, 4) is 0 Å². The van der Waals surface area contributed by atoms with Crippen LogP contribution < -0.4 is 5.32 Å². The molecule has 0 fully saturated rings. The Morgan fingerprint density at radius 1 is 1.40 bits per heavy atom. The van der Waals surface area contributed by atoms with Gasteiger partial charge in [-0.25, -0.2) is 0 Å². The maximum atomic E-state index is 11.3. The molecule has 1 N–H and O–H groups in total. The van der Waals surface area contributed by atoms with Crippen LogP contribution in [-0.4, -0.2) is 5.91 Å². The zero-order valence-electron chi connectivity index (χ0n) is 8.11. The van der Waals surface area contributed by atoms with E-state index < -0.39 is 0 Å². The number of rotatable bonds is 3. The highest BCUT2D eigenvalue weighted by Gasteiger charge is 2.10. The lowest BCUT2D eigenvalue weighted by Crippen LogP contribution is -2.10. The van der Waals surface area contributed by atoms with Gasteiger partial charge in [0.2, 0.25) is 5.91 Å². The summed E-state index contributed by atoms with van der Waals surface area (Å²) in [5, 5.41) is 3.47. The highest BCUT2D eigenvalue weighted by Crippen LogP contribution is 2.35. The van der Waals surface area contributed by atoms with E-state index in [9.17, 15) is 4.79 Å². The SMILES string of the molecule is CCCC(=O)Nc1ccc(Br)c(Cl)c1Cl. The van der Waals surface area contributed by atoms with Crippen molar-refractivity contribution in [3.63, 3.8) is 0 Å². The van der Waals surface area contributed by atoms with E-state index >= 15 is 0 Å². The second-order valence-electron chi connectivity index (χ2n) is 3.02. The van der Waals surface area contributed by atoms with Gasteiger partial charge in [0.1, 0.15) is 0 Å². The Morgan fingerprint density at radius 2 is 2.07 bits per heavy atom. The lowest BCUT2D eigenvalue weighted by molar-refractivity contribution is -0.116. The highest BCUT2D eigenvalue weighted by molar-refractivity contribution is 9.10. The summed E-state index contributed by atoms with van der Waals surface area (Å²) in [6, 6.07) is 3.46. The van der Waals surface area contributed by atoms with Gasteiger partial charge in [-0.1, -0.05) is 30.1 Å². The summed E-state index contributed by atoms with van der Waals surface area (Å²) >= 11 is 15.1. The normalized spacial score (nSPS) is 10.1. The molecule has 0 radical (unpaired) electrons. The fourth-order valence-corrected chi connectivity index (χ4v) is 1.88. The molecule has 0 bridgehead atoms. The van der Waals surface area contributed by atoms with Crippen molar-refractivity contribution in [2.75, 3.05) is 5.32 Å². The van der Waals surface area contributed by atoms with E-state index in [0.29, 0.717) is 26.6 Å². The third kappa shape index (κ3) is 3.37. The minimum absolute atomic E-state index is 0.0576. The van der Waals surface area contributed by atoms with E-state index in [1.165, 1.54) is 0 Å². The minimum atomic E-state index is -0.0576. The zero-order valence-corrected chi connectivity index (χ0v) is 11.2. The largest absolute Gasteiger partial charge is 0.325 e. The number of nitrogens with one attached hydrogen (secondary N) is 1. The quantitative estimate of drug-likeness (QED) is 0.819. The molecule has 0 aliphatic carbocycles. The monoisotopic (exact) mass is 309 g/mol. The molecule has 0 spiro atoms. The van der Waals surface area contributed by atoms with E-state index in [-0.39, 0.29) is 5.91 Å². The van der Waals surface area contributed by atoms with Crippen molar-refractivity contribution in [1.82, 2.24) is 0 Å². The van der Waals surface area contributed by atoms with Crippen LogP contribution in [0.15, 0.2) is 16.6 Å². The molecule has 0 aliphatic heterocycles. The third-order valence-electron chi connectivity index (χ3n) is 1.79. The molecule has 0 atom stereocenters. The van der Waals surface area contributed by atoms with Gasteiger partial charge in [0.25, 0.3) is 0 Å². The van der Waals surface area contributed by atoms with Crippen LogP contribution in [-0.2, 0) is 4.79 Å². The number of carbonyl (C=O) groups is 1. The zero-order chi connectivity index (χ0) is 11.4. The second kappa shape index (κ2) is 5.73. The summed E-state index contributed by atoms with van der Waals surface area (Å²) in [5.74, 6) is -0.0576. The molecule has 1 rings (SSSR count). The molecule has 0 saturated carbocycles. The van der Waals surface area contributed by atoms with Crippen LogP contribution in [0.25, 0.3) is 0 Å². The van der Waals surface area contributed by atoms with Gasteiger partial charge in [-0.15, -0.1) is 0 Å². The van der Waals surface area contributed by atoms with Gasteiger partial charge in [-0.05, 0) is 34.5 Å². The molecule has 1 aromatic carbocycles. The van der Waals surface area contributed by atoms with E-state index in [1.807, 2.05) is 6.92 Å². The van der Waals surface area contributed by atoms with E-state index in [2.05, 4.69) is 21.2 Å². The molecule has 0 unspecified atom stereocenters. The lowest BCUT2D eigenvalue weighted by atomic mass is 10.3. The minimum Gasteiger partial charge on any atom is -0.325 e. The van der Waals surface area contributed by atoms with E-state index in [1.54, 1.807) is 12.1 Å². The fraction of sp³-hybridized carbons (Fsp3) is 0.300. The molecule has 0 saturated heterocycles. The second-order valence-corrected chi connectivity index (χ2v) is 4.63. The molecule has 15 heavy (non-hydrogen) atoms. The number of hydrogen-bond acceptors (Lipinski definition) is 1. The molecular weight excluding hydrogens is 301 g/mol. The average molecular weight is 311 g/mol. The van der Waals surface area contributed by atoms with Crippen molar-refractivity contribution in [2.24, 2.45) is 0 Å². The summed E-state index contributed by atoms with van der Waals surface area (Å²) in [5.41, 5.74) is 0.545. The first-order valence-corrected chi connectivity index (χ1v) is 6.04. The summed E-state index contributed by atoms with van der Waals surface area (Å²) in [4.78, 5) is 11.3. The molecule has 1 amide bonds. The number of amides is 1. The van der Waals surface area contributed by atoms with Crippen LogP contribution in [0.2, 0.25) is 10.0 Å². The highest BCUT2D eigenvalue weighted by atomic mass is 79.9. The molecule has 0 heterocycles. The maximum Gasteiger partial charge on any atom is 0.224 e. The van der Waals surface area contributed by atoms with E-state index in [0.717, 1.165) is 6.42 Å². The van der Waals surface area contributed by atoms with Gasteiger partial charge >= 0.3 is 0 Å². The molecule has 2 nitrogen and oxygen atoms in total. The molecule has 0 aliphatic rings. The Bertz CT molecular complexity index is 382. The summed E-state index contributed by atoms with van der Waals surface area (Å²) in [6.45, 7) is 1.94. The number of hydrogen-bond donors (Lipinski definition) is 1. The summed E-state index contributed by atoms with van der Waals surface area (Å²) in [6.07, 6.45) is 1.28. The lowest BCUT2D eigenvalue weighted by Gasteiger charge is -2.08. The van der Waals surface area contributed by atoms with Gasteiger partial charge in [0.15, 0.2) is 0 Å². The first-order valence-electron chi connectivity index (χ1n) is 4.49. The molecular formula is C10H10BrCl2NO. The van der Waals surface area contributed by atoms with Gasteiger partial charge in [0, 0.05) is 10.9 Å². The van der Waals surface area contributed by atoms with E-state index in [4.69, 9.17) is 23.2 Å². The molecule has 0 aromatic heterocycles. The Balaban J connectivity index is 2.87. The smallest absolute Gasteiger partial charge is 0.224 e. The Morgan fingerprint density at radius 3 is 2.67 bits per heavy atom. The number of anilines is 1. The Hall–Kier alpha value is -0.250. The van der Waals surface area contributed by atoms with Crippen molar-refractivity contribution in [1.29, 1.82) is 0 Å². The Kier molecular flexibility index (Phi) is 4.90. The van der Waals surface area contributed by atoms with Gasteiger partial charge < -0.3 is 5.32 Å². The topological polar surface area (TPSA) is 29.1 Å². The van der Waals surface area contributed by atoms with Crippen LogP contribution in [0, 0.1) is 0 Å². The van der Waals surface area contributed by atoms with Crippen LogP contribution in [0.1, 0.15) is 19.8 Å². The standard InChI is InChI=1S/C10H10BrCl2NO/c1-2-3-8(15)14-7-5-4-6(11)9(12)10(7)13/h4-5H,2-3H2,1H3,(H,14,15). The predicted octanol–water partition coefficient (Wildman–Crippen LogP) is 4.49. The third-order valence-corrected chi connectivity index (χ3v) is 3.56. The number of benzene rings is 1. The van der Waals surface area contributed by atoms with Crippen LogP contribution >= 0.6 is 39.1 Å². The molecule has 5 heteroatoms. The Labute approximate surface area is 107 Å². The first kappa shape index (κ1) is 12.8. The number of carbonyl (C=O) groups excluding carboxylic acids is 1. The van der Waals surface area contributed by atoms with Gasteiger partial charge in [-0.2, -0.15) is 0 Å². The van der Waals surface area contributed by atoms with Crippen LogP contribution in [0.5, 0.6) is 0 Å². The molecule has 1 aromatic rings. The van der Waals surface area contributed by atoms with Crippen molar-refractivity contribution < 1.29 is 4.79 Å². The molecule has 82 valence electrons. The van der Waals surface area contributed by atoms with Crippen LogP contribution in [0.4, 0.5) is 5.69 Å². The summed E-state index contributed by atoms with van der Waals surface area (Å²) < 4.78 is 0.711. The average Bonchev–Trinajstić information content (AvgIpc) is 2.20. The van der Waals surface area contributed by atoms with Crippen molar-refractivity contribution in [2.45, 2.75) is 19.8 Å². The van der Waals surface area contributed by atoms with Gasteiger partial charge in [0.05, 0.1) is 15.7 Å². The van der Waals surface area contributed by atoms with Crippen molar-refractivity contribution >= 4 is 50.7 Å². The fourth-order valence-electron chi connectivity index (χ4n) is 1.06. The maximum absolute atomic E-state index is 11.3. The van der Waals surface area contributed by atoms with Gasteiger partial charge in [-0.3, -0.25) is 4.79 Å². The number of halogens is 3. The van der Waals surface area contributed by atoms with Crippen molar-refractivity contribution in [3.05, 3.63) is 26.7 Å².